The maximum Gasteiger partial charge on any atom is 0.423 e. The van der Waals surface area contributed by atoms with Gasteiger partial charge in [-0.3, -0.25) is 14.9 Å². The number of halogens is 4. The van der Waals surface area contributed by atoms with E-state index in [-0.39, 0.29) is 5.75 Å². The van der Waals surface area contributed by atoms with E-state index in [1.807, 2.05) is 0 Å². The first-order chi connectivity index (χ1) is 13.9. The maximum absolute atomic E-state index is 13.0. The van der Waals surface area contributed by atoms with Crippen LogP contribution in [0, 0.1) is 15.9 Å². The molecule has 0 saturated carbocycles. The fourth-order valence-corrected chi connectivity index (χ4v) is 2.09. The molecule has 2 aromatic carbocycles. The van der Waals surface area contributed by atoms with E-state index in [1.165, 1.54) is 12.1 Å². The molecule has 2 aromatic rings. The Morgan fingerprint density at radius 2 is 1.73 bits per heavy atom. The van der Waals surface area contributed by atoms with Crippen LogP contribution in [0.5, 0.6) is 5.75 Å². The van der Waals surface area contributed by atoms with Gasteiger partial charge in [0.05, 0.1) is 4.92 Å². The van der Waals surface area contributed by atoms with Crippen LogP contribution >= 0.6 is 0 Å². The van der Waals surface area contributed by atoms with Gasteiger partial charge in [0, 0.05) is 18.9 Å². The summed E-state index contributed by atoms with van der Waals surface area (Å²) in [5, 5.41) is 30.0. The van der Waals surface area contributed by atoms with Crippen molar-refractivity contribution in [3.8, 4) is 5.75 Å². The summed E-state index contributed by atoms with van der Waals surface area (Å²) in [6.45, 7) is 0.478. The minimum Gasteiger partial charge on any atom is -0.490 e. The van der Waals surface area contributed by atoms with Crippen molar-refractivity contribution in [2.24, 2.45) is 0 Å². The second-order valence-corrected chi connectivity index (χ2v) is 5.96. The van der Waals surface area contributed by atoms with Gasteiger partial charge in [-0.05, 0) is 43.3 Å². The van der Waals surface area contributed by atoms with Gasteiger partial charge >= 0.3 is 6.18 Å². The summed E-state index contributed by atoms with van der Waals surface area (Å²) in [5.74, 6) is -1.46. The molecular weight excluding hydrogens is 416 g/mol. The van der Waals surface area contributed by atoms with Crippen LogP contribution in [0.4, 0.5) is 28.9 Å². The quantitative estimate of drug-likeness (QED) is 0.365. The number of anilines is 1. The van der Waals surface area contributed by atoms with Crippen LogP contribution in [0.2, 0.25) is 0 Å². The lowest BCUT2D eigenvalue weighted by molar-refractivity contribution is -0.388. The number of benzene rings is 2. The second kappa shape index (κ2) is 9.98. The lowest BCUT2D eigenvalue weighted by Gasteiger charge is -2.23. The fraction of sp³-hybridized carbons (Fsp3) is 0.278. The smallest absolute Gasteiger partial charge is 0.423 e. The van der Waals surface area contributed by atoms with Gasteiger partial charge in [0.1, 0.15) is 23.7 Å². The molecule has 1 amide bonds. The molecule has 0 bridgehead atoms. The van der Waals surface area contributed by atoms with Crippen molar-refractivity contribution in [3.05, 3.63) is 64.0 Å². The maximum atomic E-state index is 13.0. The molecule has 2 rings (SSSR count). The molecule has 0 saturated heterocycles. The molecule has 30 heavy (non-hydrogen) atoms. The number of nitrogens with zero attached hydrogens (tertiary/aromatic N) is 1. The molecule has 0 fully saturated rings. The Morgan fingerprint density at radius 3 is 2.23 bits per heavy atom. The Labute approximate surface area is 167 Å². The highest BCUT2D eigenvalue weighted by molar-refractivity contribution is 5.97. The van der Waals surface area contributed by atoms with Crippen molar-refractivity contribution in [1.29, 1.82) is 0 Å². The largest absolute Gasteiger partial charge is 0.490 e. The Hall–Kier alpha value is -3.25. The van der Waals surface area contributed by atoms with Crippen LogP contribution in [0.15, 0.2) is 42.5 Å². The first kappa shape index (κ1) is 24.8. The Morgan fingerprint density at radius 1 is 1.17 bits per heavy atom. The van der Waals surface area contributed by atoms with Crippen LogP contribution in [-0.4, -0.2) is 40.4 Å². The zero-order valence-electron chi connectivity index (χ0n) is 15.7. The minimum absolute atomic E-state index is 0.157. The molecule has 0 radical (unpaired) electrons. The normalized spacial score (nSPS) is 12.8. The predicted octanol–water partition coefficient (Wildman–Crippen LogP) is 3.13. The van der Waals surface area contributed by atoms with Gasteiger partial charge in [0.15, 0.2) is 5.60 Å². The van der Waals surface area contributed by atoms with Gasteiger partial charge in [-0.1, -0.05) is 0 Å². The molecule has 1 atom stereocenters. The van der Waals surface area contributed by atoms with E-state index < -0.39 is 52.0 Å². The first-order valence-electron chi connectivity index (χ1n) is 8.13. The summed E-state index contributed by atoms with van der Waals surface area (Å²) in [5.41, 5.74) is -5.27. The number of nitrogens with one attached hydrogen (secondary N) is 1. The van der Waals surface area contributed by atoms with Crippen LogP contribution in [0.25, 0.3) is 0 Å². The average molecular weight is 434 g/mol. The highest BCUT2D eigenvalue weighted by Crippen LogP contribution is 2.37. The molecule has 0 aliphatic carbocycles. The molecule has 0 aliphatic rings. The van der Waals surface area contributed by atoms with Gasteiger partial charge in [0.25, 0.3) is 11.6 Å². The molecule has 3 N–H and O–H groups in total. The van der Waals surface area contributed by atoms with Gasteiger partial charge in [-0.2, -0.15) is 13.2 Å². The number of hydrogen-bond acceptors (Lipinski definition) is 6. The van der Waals surface area contributed by atoms with Crippen LogP contribution in [0.3, 0.4) is 0 Å². The van der Waals surface area contributed by atoms with E-state index in [1.54, 1.807) is 0 Å². The number of carbonyl (C=O) groups is 1. The number of nitro groups is 1. The SMILES string of the molecule is CO.C[C@](O)(COc1ccc(F)cc1)C(=O)Nc1ccc([N+](=O)[O-])c(C(F)(F)F)c1. The third-order valence-electron chi connectivity index (χ3n) is 3.58. The number of carbonyl (C=O) groups excluding carboxylic acids is 1. The molecule has 0 heterocycles. The summed E-state index contributed by atoms with van der Waals surface area (Å²) in [7, 11) is 1.00. The topological polar surface area (TPSA) is 122 Å². The lowest BCUT2D eigenvalue weighted by Crippen LogP contribution is -2.45. The number of alkyl halides is 3. The average Bonchev–Trinajstić information content (AvgIpc) is 2.68. The lowest BCUT2D eigenvalue weighted by atomic mass is 10.1. The number of rotatable bonds is 6. The van der Waals surface area contributed by atoms with Crippen molar-refractivity contribution in [1.82, 2.24) is 0 Å². The zero-order valence-corrected chi connectivity index (χ0v) is 15.7. The number of amides is 1. The summed E-state index contributed by atoms with van der Waals surface area (Å²) >= 11 is 0. The van der Waals surface area contributed by atoms with E-state index in [4.69, 9.17) is 9.84 Å². The Kier molecular flexibility index (Phi) is 8.25. The number of aliphatic hydroxyl groups excluding tert-OH is 1. The monoisotopic (exact) mass is 434 g/mol. The van der Waals surface area contributed by atoms with Gasteiger partial charge in [-0.15, -0.1) is 0 Å². The van der Waals surface area contributed by atoms with E-state index in [9.17, 15) is 37.6 Å². The van der Waals surface area contributed by atoms with Crippen molar-refractivity contribution in [2.75, 3.05) is 19.0 Å². The van der Waals surface area contributed by atoms with Crippen molar-refractivity contribution < 1.29 is 42.2 Å². The van der Waals surface area contributed by atoms with E-state index in [0.717, 1.165) is 32.2 Å². The number of aliphatic hydroxyl groups is 2. The Bertz CT molecular complexity index is 885. The molecule has 8 nitrogen and oxygen atoms in total. The summed E-state index contributed by atoms with van der Waals surface area (Å²) in [6.07, 6.45) is -5.02. The first-order valence-corrected chi connectivity index (χ1v) is 8.13. The molecule has 0 unspecified atom stereocenters. The summed E-state index contributed by atoms with van der Waals surface area (Å²) < 4.78 is 57.0. The minimum atomic E-state index is -5.02. The molecule has 12 heteroatoms. The number of hydrogen-bond donors (Lipinski definition) is 3. The van der Waals surface area contributed by atoms with Crippen LogP contribution in [0.1, 0.15) is 12.5 Å². The van der Waals surface area contributed by atoms with Gasteiger partial charge in [0.2, 0.25) is 0 Å². The Balaban J connectivity index is 0.00000218. The highest BCUT2D eigenvalue weighted by atomic mass is 19.4. The molecule has 0 aliphatic heterocycles. The van der Waals surface area contributed by atoms with Crippen molar-refractivity contribution in [2.45, 2.75) is 18.7 Å². The van der Waals surface area contributed by atoms with Crippen molar-refractivity contribution in [3.63, 3.8) is 0 Å². The molecule has 0 spiro atoms. The number of nitro benzene ring substituents is 1. The summed E-state index contributed by atoms with van der Waals surface area (Å²) in [4.78, 5) is 21.7. The van der Waals surface area contributed by atoms with E-state index in [0.29, 0.717) is 12.1 Å². The highest BCUT2D eigenvalue weighted by Gasteiger charge is 2.39. The molecule has 0 aromatic heterocycles. The molecule has 164 valence electrons. The third-order valence-corrected chi connectivity index (χ3v) is 3.58. The van der Waals surface area contributed by atoms with Gasteiger partial charge < -0.3 is 20.3 Å². The van der Waals surface area contributed by atoms with Crippen LogP contribution in [-0.2, 0) is 11.0 Å². The third kappa shape index (κ3) is 6.67. The van der Waals surface area contributed by atoms with Crippen molar-refractivity contribution >= 4 is 17.3 Å². The fourth-order valence-electron chi connectivity index (χ4n) is 2.09. The van der Waals surface area contributed by atoms with E-state index in [2.05, 4.69) is 5.32 Å². The van der Waals surface area contributed by atoms with E-state index >= 15 is 0 Å². The van der Waals surface area contributed by atoms with Crippen LogP contribution < -0.4 is 10.1 Å². The predicted molar refractivity (Wildman–Crippen MR) is 97.4 cm³/mol. The summed E-state index contributed by atoms with van der Waals surface area (Å²) in [6, 6.07) is 6.61. The number of ether oxygens (including phenoxy) is 1. The molecular formula is C18H18F4N2O6. The second-order valence-electron chi connectivity index (χ2n) is 5.96. The van der Waals surface area contributed by atoms with Gasteiger partial charge in [-0.25, -0.2) is 4.39 Å². The zero-order chi connectivity index (χ0) is 23.1. The standard InChI is InChI=1S/C17H14F4N2O5.CH4O/c1-16(25,9-28-12-5-2-10(18)3-6-12)15(24)22-11-4-7-14(23(26)27)13(8-11)17(19,20)21;1-2/h2-8,25H,9H2,1H3,(H,22,24);2H,1H3/t16-;/m0./s1.